The van der Waals surface area contributed by atoms with Crippen molar-refractivity contribution < 1.29 is 16.8 Å². The number of aryl methyl sites for hydroxylation is 2. The van der Waals surface area contributed by atoms with Gasteiger partial charge in [0, 0.05) is 14.1 Å². The molecule has 0 aromatic heterocycles. The van der Waals surface area contributed by atoms with Crippen molar-refractivity contribution in [2.75, 3.05) is 14.1 Å². The molecule has 0 saturated heterocycles. The predicted molar refractivity (Wildman–Crippen MR) is 101 cm³/mol. The van der Waals surface area contributed by atoms with Crippen LogP contribution in [0.3, 0.4) is 0 Å². The van der Waals surface area contributed by atoms with Gasteiger partial charge in [0.1, 0.15) is 0 Å². The van der Waals surface area contributed by atoms with E-state index in [-0.39, 0.29) is 9.79 Å². The molecule has 0 spiro atoms. The van der Waals surface area contributed by atoms with Crippen molar-refractivity contribution in [1.29, 1.82) is 0 Å². The smallest absolute Gasteiger partial charge is 0.255 e. The van der Waals surface area contributed by atoms with Crippen LogP contribution < -0.4 is 11.7 Å². The van der Waals surface area contributed by atoms with Gasteiger partial charge in [-0.2, -0.15) is 0 Å². The standard InChI is InChI=1S/2C8H12N2O2S/c2*1-7-3-5-8(6-4-7)13(11,12)10(2)9/h2*3-6H,9H2,1-2H3. The molecule has 4 N–H and O–H groups in total. The minimum absolute atomic E-state index is 0.211. The van der Waals surface area contributed by atoms with Gasteiger partial charge in [0.05, 0.1) is 9.79 Å². The SMILES string of the molecule is Cc1ccc(S(=O)(=O)N(C)N)cc1.Cc1ccc(S(=O)(=O)N(C)N)cc1. The molecule has 2 rings (SSSR count). The van der Waals surface area contributed by atoms with E-state index >= 15 is 0 Å². The van der Waals surface area contributed by atoms with Gasteiger partial charge in [-0.1, -0.05) is 35.4 Å². The molecule has 10 heteroatoms. The van der Waals surface area contributed by atoms with Crippen LogP contribution >= 0.6 is 0 Å². The number of hydrogen-bond acceptors (Lipinski definition) is 6. The lowest BCUT2D eigenvalue weighted by Crippen LogP contribution is -2.33. The van der Waals surface area contributed by atoms with Gasteiger partial charge < -0.3 is 0 Å². The highest BCUT2D eigenvalue weighted by Gasteiger charge is 2.17. The van der Waals surface area contributed by atoms with E-state index < -0.39 is 20.0 Å². The van der Waals surface area contributed by atoms with Crippen LogP contribution in [-0.2, 0) is 20.0 Å². The van der Waals surface area contributed by atoms with E-state index in [9.17, 15) is 16.8 Å². The lowest BCUT2D eigenvalue weighted by atomic mass is 10.2. The van der Waals surface area contributed by atoms with Crippen LogP contribution in [0.15, 0.2) is 58.3 Å². The highest BCUT2D eigenvalue weighted by atomic mass is 32.2. The Hall–Kier alpha value is -1.82. The summed E-state index contributed by atoms with van der Waals surface area (Å²) in [6.07, 6.45) is 0. The van der Waals surface area contributed by atoms with Crippen LogP contribution in [0.25, 0.3) is 0 Å². The van der Waals surface area contributed by atoms with Gasteiger partial charge in [-0.3, -0.25) is 11.7 Å². The van der Waals surface area contributed by atoms with E-state index in [0.29, 0.717) is 8.83 Å². The van der Waals surface area contributed by atoms with Gasteiger partial charge in [0.2, 0.25) is 0 Å². The third kappa shape index (κ3) is 5.59. The summed E-state index contributed by atoms with van der Waals surface area (Å²) in [5.74, 6) is 10.4. The first-order valence-electron chi connectivity index (χ1n) is 7.49. The first-order chi connectivity index (χ1) is 11.9. The van der Waals surface area contributed by atoms with Crippen molar-refractivity contribution in [3.8, 4) is 0 Å². The molecule has 0 aliphatic carbocycles. The van der Waals surface area contributed by atoms with Crippen LogP contribution in [0.2, 0.25) is 0 Å². The summed E-state index contributed by atoms with van der Waals surface area (Å²) in [7, 11) is -4.36. The van der Waals surface area contributed by atoms with Crippen LogP contribution in [0.4, 0.5) is 0 Å². The summed E-state index contributed by atoms with van der Waals surface area (Å²) in [5, 5.41) is 0. The second-order valence-electron chi connectivity index (χ2n) is 5.67. The molecule has 0 fully saturated rings. The van der Waals surface area contributed by atoms with Crippen molar-refractivity contribution in [3.63, 3.8) is 0 Å². The minimum atomic E-state index is -3.48. The highest BCUT2D eigenvalue weighted by molar-refractivity contribution is 7.89. The monoisotopic (exact) mass is 400 g/mol. The lowest BCUT2D eigenvalue weighted by Gasteiger charge is -2.10. The second-order valence-corrected chi connectivity index (χ2v) is 9.66. The number of hydrogen-bond donors (Lipinski definition) is 2. The largest absolute Gasteiger partial charge is 0.255 e. The van der Waals surface area contributed by atoms with Crippen molar-refractivity contribution in [2.45, 2.75) is 23.6 Å². The molecule has 0 saturated carbocycles. The van der Waals surface area contributed by atoms with E-state index in [0.717, 1.165) is 11.1 Å². The molecule has 0 atom stereocenters. The molecule has 0 aliphatic heterocycles. The molecular formula is C16H24N4O4S2. The molecular weight excluding hydrogens is 376 g/mol. The zero-order chi connectivity index (χ0) is 20.1. The summed E-state index contributed by atoms with van der Waals surface area (Å²) in [6.45, 7) is 3.78. The summed E-state index contributed by atoms with van der Waals surface area (Å²) >= 11 is 0. The molecule has 0 radical (unpaired) electrons. The Morgan fingerprint density at radius 2 is 0.846 bits per heavy atom. The van der Waals surface area contributed by atoms with Crippen LogP contribution in [0, 0.1) is 13.8 Å². The van der Waals surface area contributed by atoms with Crippen LogP contribution in [-0.4, -0.2) is 39.8 Å². The zero-order valence-corrected chi connectivity index (χ0v) is 16.8. The average molecular weight is 401 g/mol. The molecule has 8 nitrogen and oxygen atoms in total. The van der Waals surface area contributed by atoms with E-state index in [1.165, 1.54) is 38.4 Å². The third-order valence-electron chi connectivity index (χ3n) is 3.40. The molecule has 2 aromatic carbocycles. The number of benzene rings is 2. The second kappa shape index (κ2) is 8.71. The van der Waals surface area contributed by atoms with Crippen molar-refractivity contribution in [2.24, 2.45) is 11.7 Å². The predicted octanol–water partition coefficient (Wildman–Crippen LogP) is 0.978. The fourth-order valence-corrected chi connectivity index (χ4v) is 3.38. The molecule has 2 aromatic rings. The van der Waals surface area contributed by atoms with Gasteiger partial charge >= 0.3 is 0 Å². The molecule has 0 amide bonds. The van der Waals surface area contributed by atoms with Crippen LogP contribution in [0.5, 0.6) is 0 Å². The molecule has 0 bridgehead atoms. The van der Waals surface area contributed by atoms with Crippen molar-refractivity contribution in [3.05, 3.63) is 59.7 Å². The van der Waals surface area contributed by atoms with E-state index in [1.54, 1.807) is 24.3 Å². The topological polar surface area (TPSA) is 127 Å². The Balaban J connectivity index is 0.000000260. The Kier molecular flexibility index (Phi) is 7.45. The number of sulfonamides is 2. The lowest BCUT2D eigenvalue weighted by molar-refractivity contribution is 0.486. The highest BCUT2D eigenvalue weighted by Crippen LogP contribution is 2.13. The zero-order valence-electron chi connectivity index (χ0n) is 15.1. The van der Waals surface area contributed by atoms with Crippen molar-refractivity contribution in [1.82, 2.24) is 8.83 Å². The quantitative estimate of drug-likeness (QED) is 0.582. The Labute approximate surface area is 155 Å². The summed E-state index contributed by atoms with van der Waals surface area (Å²) < 4.78 is 47.2. The fourth-order valence-electron chi connectivity index (χ4n) is 1.75. The number of rotatable bonds is 4. The third-order valence-corrected chi connectivity index (χ3v) is 6.65. The molecule has 26 heavy (non-hydrogen) atoms. The van der Waals surface area contributed by atoms with E-state index in [2.05, 4.69) is 0 Å². The van der Waals surface area contributed by atoms with Gasteiger partial charge in [0.15, 0.2) is 0 Å². The fraction of sp³-hybridized carbons (Fsp3) is 0.250. The average Bonchev–Trinajstić information content (AvgIpc) is 2.56. The Morgan fingerprint density at radius 1 is 0.615 bits per heavy atom. The molecule has 0 aliphatic rings. The van der Waals surface area contributed by atoms with Gasteiger partial charge in [0.25, 0.3) is 20.0 Å². The molecule has 0 heterocycles. The van der Waals surface area contributed by atoms with Crippen LogP contribution in [0.1, 0.15) is 11.1 Å². The van der Waals surface area contributed by atoms with Gasteiger partial charge in [-0.25, -0.2) is 16.8 Å². The first-order valence-corrected chi connectivity index (χ1v) is 10.4. The van der Waals surface area contributed by atoms with Gasteiger partial charge in [-0.05, 0) is 38.1 Å². The summed E-state index contributed by atoms with van der Waals surface area (Å²) in [4.78, 5) is 0.422. The number of hydrazine groups is 2. The minimum Gasteiger partial charge on any atom is -0.255 e. The van der Waals surface area contributed by atoms with E-state index in [4.69, 9.17) is 11.7 Å². The summed E-state index contributed by atoms with van der Waals surface area (Å²) in [5.41, 5.74) is 2.03. The maximum absolute atomic E-state index is 11.4. The Morgan fingerprint density at radius 3 is 1.04 bits per heavy atom. The first kappa shape index (κ1) is 22.2. The maximum atomic E-state index is 11.4. The molecule has 144 valence electrons. The number of nitrogens with two attached hydrogens (primary N) is 2. The van der Waals surface area contributed by atoms with Crippen molar-refractivity contribution >= 4 is 20.0 Å². The summed E-state index contributed by atoms with van der Waals surface area (Å²) in [6, 6.07) is 13.1. The van der Waals surface area contributed by atoms with E-state index in [1.807, 2.05) is 13.8 Å². The Bertz CT molecular complexity index is 842. The number of nitrogens with zero attached hydrogens (tertiary/aromatic N) is 2. The normalized spacial score (nSPS) is 12.0. The molecule has 0 unspecified atom stereocenters. The maximum Gasteiger partial charge on any atom is 0.255 e. The van der Waals surface area contributed by atoms with Gasteiger partial charge in [-0.15, -0.1) is 8.83 Å².